The third kappa shape index (κ3) is 2.48. The van der Waals surface area contributed by atoms with E-state index in [-0.39, 0.29) is 0 Å². The van der Waals surface area contributed by atoms with Crippen LogP contribution in [-0.2, 0) is 0 Å². The predicted octanol–water partition coefficient (Wildman–Crippen LogP) is 4.15. The molecule has 2 nitrogen and oxygen atoms in total. The van der Waals surface area contributed by atoms with E-state index in [0.29, 0.717) is 0 Å². The molecule has 1 N–H and O–H groups in total. The fourth-order valence-corrected chi connectivity index (χ4v) is 1.51. The molecule has 0 fully saturated rings. The normalized spacial score (nSPS) is 10.6. The van der Waals surface area contributed by atoms with Crippen molar-refractivity contribution < 1.29 is 0 Å². The van der Waals surface area contributed by atoms with Gasteiger partial charge in [0.1, 0.15) is 0 Å². The van der Waals surface area contributed by atoms with Crippen LogP contribution in [0.1, 0.15) is 6.92 Å². The highest BCUT2D eigenvalue weighted by Gasteiger charge is 1.98. The van der Waals surface area contributed by atoms with Gasteiger partial charge in [0.2, 0.25) is 0 Å². The van der Waals surface area contributed by atoms with Crippen molar-refractivity contribution in [3.8, 4) is 0 Å². The first-order valence-electron chi connectivity index (χ1n) is 5.30. The summed E-state index contributed by atoms with van der Waals surface area (Å²) >= 11 is 0. The molecular weight excluding hydrogens is 196 g/mol. The number of nitrogens with one attached hydrogen (secondary N) is 1. The van der Waals surface area contributed by atoms with Gasteiger partial charge in [-0.2, -0.15) is 0 Å². The lowest BCUT2D eigenvalue weighted by Gasteiger charge is -2.08. The van der Waals surface area contributed by atoms with Gasteiger partial charge in [-0.3, -0.25) is 4.99 Å². The fourth-order valence-electron chi connectivity index (χ4n) is 1.51. The minimum absolute atomic E-state index is 0.953. The Labute approximate surface area is 95.7 Å². The Bertz CT molecular complexity index is 475. The molecule has 2 heteroatoms. The standard InChI is InChI=1S/C14H14N2/c1-2-15-13-10-6-7-11-14(13)16-12-8-4-3-5-9-12/h2-11,16H,1H3. The maximum Gasteiger partial charge on any atom is 0.0860 e. The van der Waals surface area contributed by atoms with Gasteiger partial charge in [0.25, 0.3) is 0 Å². The Kier molecular flexibility index (Phi) is 3.34. The van der Waals surface area contributed by atoms with Crippen LogP contribution in [0.4, 0.5) is 17.1 Å². The molecule has 0 aromatic heterocycles. The molecule has 0 bridgehead atoms. The summed E-state index contributed by atoms with van der Waals surface area (Å²) in [4.78, 5) is 4.32. The van der Waals surface area contributed by atoms with Gasteiger partial charge >= 0.3 is 0 Å². The molecule has 0 aliphatic carbocycles. The monoisotopic (exact) mass is 210 g/mol. The van der Waals surface area contributed by atoms with Crippen molar-refractivity contribution in [3.05, 3.63) is 54.6 Å². The van der Waals surface area contributed by atoms with Crippen LogP contribution in [0, 0.1) is 0 Å². The molecule has 0 saturated heterocycles. The maximum absolute atomic E-state index is 4.32. The van der Waals surface area contributed by atoms with Crippen LogP contribution in [0.3, 0.4) is 0 Å². The summed E-state index contributed by atoms with van der Waals surface area (Å²) in [6.45, 7) is 1.92. The summed E-state index contributed by atoms with van der Waals surface area (Å²) in [6, 6.07) is 18.1. The van der Waals surface area contributed by atoms with Gasteiger partial charge in [0.15, 0.2) is 0 Å². The zero-order chi connectivity index (χ0) is 11.2. The van der Waals surface area contributed by atoms with Crippen molar-refractivity contribution >= 4 is 23.3 Å². The number of rotatable bonds is 3. The van der Waals surface area contributed by atoms with Gasteiger partial charge in [0.05, 0.1) is 11.4 Å². The van der Waals surface area contributed by atoms with Crippen LogP contribution in [0.15, 0.2) is 59.6 Å². The van der Waals surface area contributed by atoms with E-state index in [1.807, 2.05) is 61.5 Å². The third-order valence-electron chi connectivity index (χ3n) is 2.23. The van der Waals surface area contributed by atoms with Crippen molar-refractivity contribution in [2.75, 3.05) is 5.32 Å². The van der Waals surface area contributed by atoms with E-state index in [9.17, 15) is 0 Å². The number of aliphatic imine (C=N–C) groups is 1. The lowest BCUT2D eigenvalue weighted by Crippen LogP contribution is -1.89. The minimum Gasteiger partial charge on any atom is -0.354 e. The third-order valence-corrected chi connectivity index (χ3v) is 2.23. The minimum atomic E-state index is 0.953. The van der Waals surface area contributed by atoms with Gasteiger partial charge in [-0.15, -0.1) is 0 Å². The molecule has 0 aliphatic heterocycles. The average Bonchev–Trinajstić information content (AvgIpc) is 2.33. The second-order valence-electron chi connectivity index (χ2n) is 3.40. The second kappa shape index (κ2) is 5.12. The highest BCUT2D eigenvalue weighted by molar-refractivity contribution is 5.75. The van der Waals surface area contributed by atoms with E-state index in [1.54, 1.807) is 6.21 Å². The molecule has 0 radical (unpaired) electrons. The zero-order valence-electron chi connectivity index (χ0n) is 9.22. The van der Waals surface area contributed by atoms with E-state index in [0.717, 1.165) is 17.1 Å². The highest BCUT2D eigenvalue weighted by atomic mass is 14.9. The molecule has 16 heavy (non-hydrogen) atoms. The fraction of sp³-hybridized carbons (Fsp3) is 0.0714. The number of para-hydroxylation sites is 3. The number of hydrogen-bond acceptors (Lipinski definition) is 2. The lowest BCUT2D eigenvalue weighted by atomic mass is 10.2. The first-order chi connectivity index (χ1) is 7.90. The number of benzene rings is 2. The smallest absolute Gasteiger partial charge is 0.0860 e. The first kappa shape index (κ1) is 10.4. The SMILES string of the molecule is CC=Nc1ccccc1Nc1ccccc1. The highest BCUT2D eigenvalue weighted by Crippen LogP contribution is 2.27. The summed E-state index contributed by atoms with van der Waals surface area (Å²) in [5.41, 5.74) is 3.04. The summed E-state index contributed by atoms with van der Waals surface area (Å²) < 4.78 is 0. The Morgan fingerprint density at radius 2 is 1.62 bits per heavy atom. The largest absolute Gasteiger partial charge is 0.354 e. The van der Waals surface area contributed by atoms with Crippen molar-refractivity contribution in [1.29, 1.82) is 0 Å². The van der Waals surface area contributed by atoms with Crippen LogP contribution < -0.4 is 5.32 Å². The molecule has 0 spiro atoms. The molecule has 0 atom stereocenters. The molecule has 0 aliphatic rings. The Hall–Kier alpha value is -2.09. The first-order valence-corrected chi connectivity index (χ1v) is 5.30. The molecule has 2 rings (SSSR count). The van der Waals surface area contributed by atoms with Crippen molar-refractivity contribution in [1.82, 2.24) is 0 Å². The van der Waals surface area contributed by atoms with Crippen LogP contribution >= 0.6 is 0 Å². The number of hydrogen-bond donors (Lipinski definition) is 1. The Morgan fingerprint density at radius 3 is 2.38 bits per heavy atom. The van der Waals surface area contributed by atoms with E-state index in [2.05, 4.69) is 10.3 Å². The van der Waals surface area contributed by atoms with Crippen molar-refractivity contribution in [2.45, 2.75) is 6.92 Å². The molecule has 80 valence electrons. The molecule has 2 aromatic rings. The predicted molar refractivity (Wildman–Crippen MR) is 70.0 cm³/mol. The zero-order valence-corrected chi connectivity index (χ0v) is 9.22. The topological polar surface area (TPSA) is 24.4 Å². The molecule has 0 heterocycles. The molecule has 0 saturated carbocycles. The van der Waals surface area contributed by atoms with Crippen molar-refractivity contribution in [3.63, 3.8) is 0 Å². The second-order valence-corrected chi connectivity index (χ2v) is 3.40. The van der Waals surface area contributed by atoms with Gasteiger partial charge in [0, 0.05) is 11.9 Å². The summed E-state index contributed by atoms with van der Waals surface area (Å²) in [7, 11) is 0. The summed E-state index contributed by atoms with van der Waals surface area (Å²) in [5, 5.41) is 3.34. The Morgan fingerprint density at radius 1 is 0.938 bits per heavy atom. The van der Waals surface area contributed by atoms with Crippen LogP contribution in [0.25, 0.3) is 0 Å². The van der Waals surface area contributed by atoms with Gasteiger partial charge in [-0.05, 0) is 31.2 Å². The number of nitrogens with zero attached hydrogens (tertiary/aromatic N) is 1. The van der Waals surface area contributed by atoms with Gasteiger partial charge in [-0.1, -0.05) is 30.3 Å². The molecule has 2 aromatic carbocycles. The van der Waals surface area contributed by atoms with Crippen LogP contribution in [0.2, 0.25) is 0 Å². The van der Waals surface area contributed by atoms with Gasteiger partial charge in [-0.25, -0.2) is 0 Å². The quantitative estimate of drug-likeness (QED) is 0.756. The summed E-state index contributed by atoms with van der Waals surface area (Å²) in [6.07, 6.45) is 1.80. The maximum atomic E-state index is 4.32. The lowest BCUT2D eigenvalue weighted by molar-refractivity contribution is 1.48. The van der Waals surface area contributed by atoms with Gasteiger partial charge < -0.3 is 5.32 Å². The number of anilines is 2. The molecule has 0 unspecified atom stereocenters. The average molecular weight is 210 g/mol. The Balaban J connectivity index is 2.28. The van der Waals surface area contributed by atoms with Crippen LogP contribution in [-0.4, -0.2) is 6.21 Å². The van der Waals surface area contributed by atoms with E-state index in [4.69, 9.17) is 0 Å². The molecule has 0 amide bonds. The molecular formula is C14H14N2. The van der Waals surface area contributed by atoms with E-state index in [1.165, 1.54) is 0 Å². The van der Waals surface area contributed by atoms with Crippen LogP contribution in [0.5, 0.6) is 0 Å². The van der Waals surface area contributed by atoms with E-state index >= 15 is 0 Å². The van der Waals surface area contributed by atoms with E-state index < -0.39 is 0 Å². The van der Waals surface area contributed by atoms with Crippen molar-refractivity contribution in [2.24, 2.45) is 4.99 Å². The summed E-state index contributed by atoms with van der Waals surface area (Å²) in [5.74, 6) is 0.